The van der Waals surface area contributed by atoms with Crippen molar-refractivity contribution < 1.29 is 33.3 Å². The second-order valence-electron chi connectivity index (χ2n) is 10.6. The molecule has 0 radical (unpaired) electrons. The highest BCUT2D eigenvalue weighted by Crippen LogP contribution is 2.37. The number of Topliss-reactive ketones (excluding diaryl/α,β-unsaturated/α-hetero) is 1. The smallest absolute Gasteiger partial charge is 0.316 e. The largest absolute Gasteiger partial charge is 0.496 e. The average Bonchev–Trinajstić information content (AvgIpc) is 2.78. The zero-order chi connectivity index (χ0) is 27.4. The van der Waals surface area contributed by atoms with Gasteiger partial charge < -0.3 is 18.9 Å². The van der Waals surface area contributed by atoms with Crippen LogP contribution in [-0.4, -0.2) is 31.9 Å². The lowest BCUT2D eigenvalue weighted by Gasteiger charge is -2.21. The average molecular weight is 497 g/mol. The molecule has 0 aliphatic rings. The van der Waals surface area contributed by atoms with Crippen molar-refractivity contribution in [1.29, 1.82) is 0 Å². The van der Waals surface area contributed by atoms with E-state index in [0.717, 1.165) is 0 Å². The van der Waals surface area contributed by atoms with Gasteiger partial charge in [0.05, 0.1) is 25.0 Å². The quantitative estimate of drug-likeness (QED) is 0.151. The molecule has 2 aromatic carbocycles. The van der Waals surface area contributed by atoms with E-state index < -0.39 is 10.8 Å². The number of hydrogen-bond donors (Lipinski definition) is 0. The molecule has 2 rings (SSSR count). The molecule has 0 saturated carbocycles. The number of rotatable bonds is 7. The molecule has 0 unspecified atom stereocenters. The van der Waals surface area contributed by atoms with Crippen molar-refractivity contribution in [1.82, 2.24) is 0 Å². The van der Waals surface area contributed by atoms with Crippen molar-refractivity contribution >= 4 is 23.8 Å². The molecule has 194 valence electrons. The highest BCUT2D eigenvalue weighted by Gasteiger charge is 2.27. The van der Waals surface area contributed by atoms with Crippen LogP contribution in [0.1, 0.15) is 68.6 Å². The first-order valence-corrected chi connectivity index (χ1v) is 11.6. The van der Waals surface area contributed by atoms with Crippen molar-refractivity contribution in [2.24, 2.45) is 10.8 Å². The van der Waals surface area contributed by atoms with Gasteiger partial charge in [0.15, 0.2) is 5.76 Å². The zero-order valence-corrected chi connectivity index (χ0v) is 22.8. The van der Waals surface area contributed by atoms with E-state index in [0.29, 0.717) is 39.5 Å². The summed E-state index contributed by atoms with van der Waals surface area (Å²) in [6.07, 6.45) is 1.59. The third kappa shape index (κ3) is 6.74. The second-order valence-corrected chi connectivity index (χ2v) is 10.6. The summed E-state index contributed by atoms with van der Waals surface area (Å²) in [6.45, 7) is 14.3. The van der Waals surface area contributed by atoms with Crippen LogP contribution in [0.3, 0.4) is 0 Å². The van der Waals surface area contributed by atoms with Crippen molar-refractivity contribution in [2.75, 3.05) is 14.2 Å². The Kier molecular flexibility index (Phi) is 8.73. The van der Waals surface area contributed by atoms with Crippen molar-refractivity contribution in [3.8, 4) is 17.2 Å². The van der Waals surface area contributed by atoms with Gasteiger partial charge in [-0.1, -0.05) is 0 Å². The minimum atomic E-state index is -0.666. The van der Waals surface area contributed by atoms with Crippen LogP contribution in [0.4, 0.5) is 0 Å². The number of ketones is 1. The first-order chi connectivity index (χ1) is 16.6. The molecule has 0 fully saturated rings. The van der Waals surface area contributed by atoms with E-state index in [2.05, 4.69) is 0 Å². The molecule has 0 saturated heterocycles. The molecule has 0 N–H and O–H groups in total. The molecule has 0 heterocycles. The van der Waals surface area contributed by atoms with Crippen LogP contribution >= 0.6 is 0 Å². The summed E-state index contributed by atoms with van der Waals surface area (Å²) in [5, 5.41) is 0. The van der Waals surface area contributed by atoms with Crippen LogP contribution in [0.25, 0.3) is 6.08 Å². The standard InChI is InChI=1S/C29H36O7/c1-17-15-20(25(34-10)18(2)24(17)36-27(32)29(6,7)8)16-22(33-9)23(30)19-11-13-21(14-12-19)35-26(31)28(3,4)5/h11-16H,1-10H3. The molecular weight excluding hydrogens is 460 g/mol. The SMILES string of the molecule is COC(=Cc1cc(C)c(OC(=O)C(C)(C)C)c(C)c1OC)C(=O)c1ccc(OC(=O)C(C)(C)C)cc1. The maximum atomic E-state index is 13.2. The number of ether oxygens (including phenoxy) is 4. The fourth-order valence-electron chi connectivity index (χ4n) is 3.20. The molecule has 0 aliphatic heterocycles. The van der Waals surface area contributed by atoms with Crippen LogP contribution in [0.15, 0.2) is 36.1 Å². The van der Waals surface area contributed by atoms with Crippen molar-refractivity contribution in [3.05, 3.63) is 58.3 Å². The molecule has 2 aromatic rings. The lowest BCUT2D eigenvalue weighted by molar-refractivity contribution is -0.143. The predicted octanol–water partition coefficient (Wildman–Crippen LogP) is 6.09. The van der Waals surface area contributed by atoms with E-state index in [9.17, 15) is 14.4 Å². The monoisotopic (exact) mass is 496 g/mol. The Hall–Kier alpha value is -3.61. The zero-order valence-electron chi connectivity index (χ0n) is 22.8. The van der Waals surface area contributed by atoms with Crippen LogP contribution in [0, 0.1) is 24.7 Å². The normalized spacial score (nSPS) is 12.1. The molecule has 0 atom stereocenters. The minimum absolute atomic E-state index is 0.0889. The maximum Gasteiger partial charge on any atom is 0.316 e. The van der Waals surface area contributed by atoms with E-state index >= 15 is 0 Å². The summed E-state index contributed by atoms with van der Waals surface area (Å²) in [5.41, 5.74) is 1.00. The summed E-state index contributed by atoms with van der Waals surface area (Å²) in [7, 11) is 2.92. The van der Waals surface area contributed by atoms with Crippen LogP contribution in [0.5, 0.6) is 17.2 Å². The first-order valence-electron chi connectivity index (χ1n) is 11.6. The molecule has 0 bridgehead atoms. The maximum absolute atomic E-state index is 13.2. The molecular formula is C29H36O7. The van der Waals surface area contributed by atoms with Crippen molar-refractivity contribution in [3.63, 3.8) is 0 Å². The number of allylic oxidation sites excluding steroid dienone is 1. The molecule has 7 nitrogen and oxygen atoms in total. The summed E-state index contributed by atoms with van der Waals surface area (Å²) in [5.74, 6) is 0.246. The molecule has 7 heteroatoms. The van der Waals surface area contributed by atoms with Gasteiger partial charge in [-0.25, -0.2) is 0 Å². The summed E-state index contributed by atoms with van der Waals surface area (Å²) in [4.78, 5) is 37.7. The van der Waals surface area contributed by atoms with E-state index in [1.807, 2.05) is 6.92 Å². The number of hydrogen-bond acceptors (Lipinski definition) is 7. The lowest BCUT2D eigenvalue weighted by Crippen LogP contribution is -2.26. The molecule has 0 aliphatic carbocycles. The summed E-state index contributed by atoms with van der Waals surface area (Å²) < 4.78 is 22.0. The Morgan fingerprint density at radius 1 is 0.778 bits per heavy atom. The molecule has 36 heavy (non-hydrogen) atoms. The van der Waals surface area contributed by atoms with Gasteiger partial charge >= 0.3 is 11.9 Å². The van der Waals surface area contributed by atoms with Crippen molar-refractivity contribution in [2.45, 2.75) is 55.4 Å². The number of aryl methyl sites for hydroxylation is 1. The Balaban J connectivity index is 2.40. The Labute approximate surface area is 213 Å². The van der Waals surface area contributed by atoms with Crippen LogP contribution in [0.2, 0.25) is 0 Å². The van der Waals surface area contributed by atoms with E-state index in [-0.39, 0.29) is 23.5 Å². The van der Waals surface area contributed by atoms with Gasteiger partial charge in [-0.3, -0.25) is 14.4 Å². The summed E-state index contributed by atoms with van der Waals surface area (Å²) in [6, 6.07) is 8.06. The topological polar surface area (TPSA) is 88.1 Å². The fraction of sp³-hybridized carbons (Fsp3) is 0.414. The molecule has 0 amide bonds. The highest BCUT2D eigenvalue weighted by molar-refractivity contribution is 6.10. The summed E-state index contributed by atoms with van der Waals surface area (Å²) >= 11 is 0. The van der Waals surface area contributed by atoms with E-state index in [1.165, 1.54) is 14.2 Å². The van der Waals surface area contributed by atoms with Gasteiger partial charge in [-0.05, 0) is 97.4 Å². The highest BCUT2D eigenvalue weighted by atomic mass is 16.5. The van der Waals surface area contributed by atoms with Gasteiger partial charge in [-0.2, -0.15) is 0 Å². The van der Waals surface area contributed by atoms with Crippen LogP contribution in [-0.2, 0) is 14.3 Å². The predicted molar refractivity (Wildman–Crippen MR) is 138 cm³/mol. The third-order valence-electron chi connectivity index (χ3n) is 5.35. The number of carbonyl (C=O) groups is 3. The number of carbonyl (C=O) groups excluding carboxylic acids is 3. The Bertz CT molecular complexity index is 1170. The third-order valence-corrected chi connectivity index (χ3v) is 5.35. The fourth-order valence-corrected chi connectivity index (χ4v) is 3.20. The number of benzene rings is 2. The lowest BCUT2D eigenvalue weighted by atomic mass is 9.97. The van der Waals surface area contributed by atoms with Crippen LogP contribution < -0.4 is 14.2 Å². The Morgan fingerprint density at radius 3 is 1.78 bits per heavy atom. The molecule has 0 spiro atoms. The van der Waals surface area contributed by atoms with E-state index in [4.69, 9.17) is 18.9 Å². The van der Waals surface area contributed by atoms with Gasteiger partial charge in [-0.15, -0.1) is 0 Å². The minimum Gasteiger partial charge on any atom is -0.496 e. The first kappa shape index (κ1) is 28.6. The molecule has 0 aromatic heterocycles. The van der Waals surface area contributed by atoms with Gasteiger partial charge in [0.25, 0.3) is 0 Å². The number of methoxy groups -OCH3 is 2. The van der Waals surface area contributed by atoms with E-state index in [1.54, 1.807) is 84.9 Å². The number of esters is 2. The second kappa shape index (κ2) is 11.0. The Morgan fingerprint density at radius 2 is 1.31 bits per heavy atom. The van der Waals surface area contributed by atoms with Gasteiger partial charge in [0, 0.05) is 16.7 Å². The van der Waals surface area contributed by atoms with Gasteiger partial charge in [0.1, 0.15) is 17.2 Å². The van der Waals surface area contributed by atoms with Gasteiger partial charge in [0.2, 0.25) is 5.78 Å².